The summed E-state index contributed by atoms with van der Waals surface area (Å²) in [6.45, 7) is 7.72. The molecular weight excluding hydrogens is 420 g/mol. The molecule has 2 fully saturated rings. The fourth-order valence-electron chi connectivity index (χ4n) is 5.04. The number of benzene rings is 3. The van der Waals surface area contributed by atoms with E-state index in [-0.39, 0.29) is 0 Å². The van der Waals surface area contributed by atoms with Crippen LogP contribution < -0.4 is 19.6 Å². The van der Waals surface area contributed by atoms with Gasteiger partial charge in [0.1, 0.15) is 0 Å². The molecule has 3 aromatic carbocycles. The Hall–Kier alpha value is -3.80. The highest BCUT2D eigenvalue weighted by molar-refractivity contribution is 5.81. The highest BCUT2D eigenvalue weighted by Gasteiger charge is 2.27. The first-order valence-corrected chi connectivity index (χ1v) is 12.2. The summed E-state index contributed by atoms with van der Waals surface area (Å²) in [4.78, 5) is 20.1. The molecule has 6 rings (SSSR count). The Morgan fingerprint density at radius 2 is 0.706 bits per heavy atom. The SMILES string of the molecule is c1ccc(N2CCN(c3nc4ccccc4nc3N3CCN(c4ccccc4)CC3)CC2)cc1. The van der Waals surface area contributed by atoms with Crippen LogP contribution in [0.5, 0.6) is 0 Å². The summed E-state index contributed by atoms with van der Waals surface area (Å²) in [6, 6.07) is 29.6. The van der Waals surface area contributed by atoms with Crippen LogP contribution in [0.25, 0.3) is 11.0 Å². The summed E-state index contributed by atoms with van der Waals surface area (Å²) in [5, 5.41) is 0. The molecule has 0 radical (unpaired) electrons. The lowest BCUT2D eigenvalue weighted by Crippen LogP contribution is -2.49. The number of anilines is 4. The van der Waals surface area contributed by atoms with Crippen molar-refractivity contribution in [1.82, 2.24) is 9.97 Å². The molecule has 4 aromatic rings. The van der Waals surface area contributed by atoms with Crippen molar-refractivity contribution in [3.05, 3.63) is 84.9 Å². The molecular formula is C28H30N6. The quantitative estimate of drug-likeness (QED) is 0.462. The standard InChI is InChI=1S/C28H30N6/c1-3-9-23(10-4-1)31-15-19-33(20-16-31)27-28(30-26-14-8-7-13-25(26)29-27)34-21-17-32(18-22-34)24-11-5-2-6-12-24/h1-14H,15-22H2. The maximum absolute atomic E-state index is 5.14. The molecule has 0 unspecified atom stereocenters. The van der Waals surface area contributed by atoms with E-state index in [0.29, 0.717) is 0 Å². The fraction of sp³-hybridized carbons (Fsp3) is 0.286. The first kappa shape index (κ1) is 20.8. The molecule has 2 saturated heterocycles. The number of fused-ring (bicyclic) bond motifs is 1. The second-order valence-corrected chi connectivity index (χ2v) is 8.98. The van der Waals surface area contributed by atoms with Crippen LogP contribution in [0.15, 0.2) is 84.9 Å². The molecule has 172 valence electrons. The van der Waals surface area contributed by atoms with Gasteiger partial charge in [0.2, 0.25) is 0 Å². The van der Waals surface area contributed by atoms with Gasteiger partial charge in [0, 0.05) is 63.7 Å². The van der Waals surface area contributed by atoms with Crippen LogP contribution in [0.4, 0.5) is 23.0 Å². The first-order chi connectivity index (χ1) is 16.8. The zero-order valence-corrected chi connectivity index (χ0v) is 19.4. The molecule has 2 aliphatic rings. The number of piperazine rings is 2. The summed E-state index contributed by atoms with van der Waals surface area (Å²) in [5.41, 5.74) is 4.53. The molecule has 0 spiro atoms. The van der Waals surface area contributed by atoms with E-state index < -0.39 is 0 Å². The number of aromatic nitrogens is 2. The Labute approximate surface area is 201 Å². The van der Waals surface area contributed by atoms with Gasteiger partial charge in [-0.1, -0.05) is 48.5 Å². The molecule has 0 aliphatic carbocycles. The average Bonchev–Trinajstić information content (AvgIpc) is 2.93. The summed E-state index contributed by atoms with van der Waals surface area (Å²) in [7, 11) is 0. The van der Waals surface area contributed by atoms with Crippen molar-refractivity contribution in [3.63, 3.8) is 0 Å². The molecule has 34 heavy (non-hydrogen) atoms. The lowest BCUT2D eigenvalue weighted by atomic mass is 10.2. The van der Waals surface area contributed by atoms with Gasteiger partial charge in [0.05, 0.1) is 11.0 Å². The lowest BCUT2D eigenvalue weighted by Gasteiger charge is -2.40. The van der Waals surface area contributed by atoms with E-state index in [1.165, 1.54) is 11.4 Å². The third-order valence-corrected chi connectivity index (χ3v) is 6.94. The van der Waals surface area contributed by atoms with Gasteiger partial charge in [-0.2, -0.15) is 0 Å². The van der Waals surface area contributed by atoms with Gasteiger partial charge in [0.25, 0.3) is 0 Å². The van der Waals surface area contributed by atoms with Crippen molar-refractivity contribution >= 4 is 34.0 Å². The van der Waals surface area contributed by atoms with E-state index in [0.717, 1.165) is 75.0 Å². The van der Waals surface area contributed by atoms with Gasteiger partial charge in [-0.15, -0.1) is 0 Å². The Bertz CT molecular complexity index is 1130. The lowest BCUT2D eigenvalue weighted by molar-refractivity contribution is 0.629. The van der Waals surface area contributed by atoms with Crippen LogP contribution in [-0.4, -0.2) is 62.3 Å². The first-order valence-electron chi connectivity index (χ1n) is 12.2. The molecule has 0 N–H and O–H groups in total. The zero-order chi connectivity index (χ0) is 22.7. The topological polar surface area (TPSA) is 38.7 Å². The average molecular weight is 451 g/mol. The molecule has 0 saturated carbocycles. The number of para-hydroxylation sites is 4. The third-order valence-electron chi connectivity index (χ3n) is 6.94. The molecule has 6 nitrogen and oxygen atoms in total. The van der Waals surface area contributed by atoms with Crippen molar-refractivity contribution in [1.29, 1.82) is 0 Å². The summed E-state index contributed by atoms with van der Waals surface area (Å²) >= 11 is 0. The van der Waals surface area contributed by atoms with E-state index in [1.807, 2.05) is 12.1 Å². The van der Waals surface area contributed by atoms with Crippen molar-refractivity contribution < 1.29 is 0 Å². The van der Waals surface area contributed by atoms with E-state index in [2.05, 4.69) is 92.4 Å². The molecule has 0 amide bonds. The minimum atomic E-state index is 0.943. The van der Waals surface area contributed by atoms with Crippen LogP contribution in [0.1, 0.15) is 0 Å². The predicted octanol–water partition coefficient (Wildman–Crippen LogP) is 4.28. The van der Waals surface area contributed by atoms with E-state index >= 15 is 0 Å². The summed E-state index contributed by atoms with van der Waals surface area (Å²) < 4.78 is 0. The van der Waals surface area contributed by atoms with Crippen molar-refractivity contribution in [2.24, 2.45) is 0 Å². The normalized spacial score (nSPS) is 16.8. The predicted molar refractivity (Wildman–Crippen MR) is 141 cm³/mol. The molecule has 0 atom stereocenters. The van der Waals surface area contributed by atoms with E-state index in [4.69, 9.17) is 9.97 Å². The van der Waals surface area contributed by atoms with Crippen LogP contribution in [0.2, 0.25) is 0 Å². The van der Waals surface area contributed by atoms with Gasteiger partial charge in [0.15, 0.2) is 11.6 Å². The number of rotatable bonds is 4. The van der Waals surface area contributed by atoms with Crippen LogP contribution >= 0.6 is 0 Å². The Morgan fingerprint density at radius 1 is 0.382 bits per heavy atom. The number of hydrogen-bond acceptors (Lipinski definition) is 6. The van der Waals surface area contributed by atoms with Crippen molar-refractivity contribution in [2.45, 2.75) is 0 Å². The van der Waals surface area contributed by atoms with Crippen LogP contribution in [-0.2, 0) is 0 Å². The molecule has 6 heteroatoms. The smallest absolute Gasteiger partial charge is 0.172 e. The minimum Gasteiger partial charge on any atom is -0.368 e. The maximum atomic E-state index is 5.14. The van der Waals surface area contributed by atoms with Gasteiger partial charge in [-0.05, 0) is 36.4 Å². The van der Waals surface area contributed by atoms with Crippen molar-refractivity contribution in [2.75, 3.05) is 72.0 Å². The third kappa shape index (κ3) is 4.12. The molecule has 1 aromatic heterocycles. The highest BCUT2D eigenvalue weighted by atomic mass is 15.3. The summed E-state index contributed by atoms with van der Waals surface area (Å²) in [6.07, 6.45) is 0. The Kier molecular flexibility index (Phi) is 5.63. The van der Waals surface area contributed by atoms with Crippen LogP contribution in [0, 0.1) is 0 Å². The Morgan fingerprint density at radius 3 is 1.09 bits per heavy atom. The number of hydrogen-bond donors (Lipinski definition) is 0. The highest BCUT2D eigenvalue weighted by Crippen LogP contribution is 2.31. The second kappa shape index (κ2) is 9.21. The Balaban J connectivity index is 1.25. The van der Waals surface area contributed by atoms with E-state index in [1.54, 1.807) is 0 Å². The summed E-state index contributed by atoms with van der Waals surface area (Å²) in [5.74, 6) is 2.05. The van der Waals surface area contributed by atoms with Gasteiger partial charge >= 0.3 is 0 Å². The van der Waals surface area contributed by atoms with Crippen LogP contribution in [0.3, 0.4) is 0 Å². The fourth-order valence-corrected chi connectivity index (χ4v) is 5.04. The molecule has 0 bridgehead atoms. The maximum Gasteiger partial charge on any atom is 0.172 e. The number of nitrogens with zero attached hydrogens (tertiary/aromatic N) is 6. The van der Waals surface area contributed by atoms with Gasteiger partial charge < -0.3 is 19.6 Å². The minimum absolute atomic E-state index is 0.943. The van der Waals surface area contributed by atoms with Gasteiger partial charge in [-0.3, -0.25) is 0 Å². The van der Waals surface area contributed by atoms with Crippen molar-refractivity contribution in [3.8, 4) is 0 Å². The largest absolute Gasteiger partial charge is 0.368 e. The molecule has 3 heterocycles. The monoisotopic (exact) mass is 450 g/mol. The van der Waals surface area contributed by atoms with Gasteiger partial charge in [-0.25, -0.2) is 9.97 Å². The molecule has 2 aliphatic heterocycles. The van der Waals surface area contributed by atoms with E-state index in [9.17, 15) is 0 Å². The second-order valence-electron chi connectivity index (χ2n) is 8.98. The zero-order valence-electron chi connectivity index (χ0n) is 19.4.